The lowest BCUT2D eigenvalue weighted by Crippen LogP contribution is -2.18. The first kappa shape index (κ1) is 14.7. The lowest BCUT2D eigenvalue weighted by molar-refractivity contribution is -0.114. The molecule has 0 aliphatic heterocycles. The molecule has 0 atom stereocenters. The Hall–Kier alpha value is -1.39. The first-order valence-corrected chi connectivity index (χ1v) is 6.38. The summed E-state index contributed by atoms with van der Waals surface area (Å²) in [5.74, 6) is -0.0428. The van der Waals surface area contributed by atoms with Gasteiger partial charge in [0.25, 0.3) is 0 Å². The van der Waals surface area contributed by atoms with Gasteiger partial charge in [-0.05, 0) is 31.5 Å². The standard InChI is InChI=1S/C14H22N2O2/c1-3-18-10-6-9-15-11-13-7-4-5-8-14(13)16-12(2)17/h4-5,7-8,15H,3,6,9-11H2,1-2H3,(H,16,17). The molecule has 4 nitrogen and oxygen atoms in total. The van der Waals surface area contributed by atoms with Gasteiger partial charge in [0.1, 0.15) is 0 Å². The first-order valence-electron chi connectivity index (χ1n) is 6.38. The number of para-hydroxylation sites is 1. The van der Waals surface area contributed by atoms with Crippen LogP contribution in [0.15, 0.2) is 24.3 Å². The fourth-order valence-corrected chi connectivity index (χ4v) is 1.65. The molecule has 0 fully saturated rings. The summed E-state index contributed by atoms with van der Waals surface area (Å²) in [7, 11) is 0. The maximum atomic E-state index is 11.1. The average Bonchev–Trinajstić information content (AvgIpc) is 2.35. The molecule has 0 aliphatic rings. The van der Waals surface area contributed by atoms with Crippen molar-refractivity contribution in [1.29, 1.82) is 0 Å². The molecule has 1 amide bonds. The summed E-state index contributed by atoms with van der Waals surface area (Å²) >= 11 is 0. The number of anilines is 1. The van der Waals surface area contributed by atoms with Crippen molar-refractivity contribution >= 4 is 11.6 Å². The second-order valence-corrected chi connectivity index (χ2v) is 4.07. The van der Waals surface area contributed by atoms with Gasteiger partial charge >= 0.3 is 0 Å². The van der Waals surface area contributed by atoms with Gasteiger partial charge in [-0.2, -0.15) is 0 Å². The molecule has 2 N–H and O–H groups in total. The summed E-state index contributed by atoms with van der Waals surface area (Å²) < 4.78 is 5.27. The zero-order valence-electron chi connectivity index (χ0n) is 11.2. The molecule has 0 bridgehead atoms. The minimum Gasteiger partial charge on any atom is -0.382 e. The molecule has 0 radical (unpaired) electrons. The lowest BCUT2D eigenvalue weighted by Gasteiger charge is -2.10. The molecule has 1 aromatic carbocycles. The number of carbonyl (C=O) groups is 1. The molecule has 4 heteroatoms. The highest BCUT2D eigenvalue weighted by Crippen LogP contribution is 2.14. The number of amides is 1. The number of hydrogen-bond donors (Lipinski definition) is 2. The molecular weight excluding hydrogens is 228 g/mol. The SMILES string of the molecule is CCOCCCNCc1ccccc1NC(C)=O. The summed E-state index contributed by atoms with van der Waals surface area (Å²) in [6, 6.07) is 7.83. The van der Waals surface area contributed by atoms with E-state index in [1.165, 1.54) is 6.92 Å². The van der Waals surface area contributed by atoms with E-state index in [0.717, 1.165) is 44.0 Å². The van der Waals surface area contributed by atoms with E-state index in [4.69, 9.17) is 4.74 Å². The zero-order valence-corrected chi connectivity index (χ0v) is 11.2. The van der Waals surface area contributed by atoms with E-state index >= 15 is 0 Å². The number of carbonyl (C=O) groups excluding carboxylic acids is 1. The first-order chi connectivity index (χ1) is 8.74. The summed E-state index contributed by atoms with van der Waals surface area (Å²) in [5.41, 5.74) is 1.98. The fourth-order valence-electron chi connectivity index (χ4n) is 1.65. The monoisotopic (exact) mass is 250 g/mol. The molecule has 1 rings (SSSR count). The molecule has 18 heavy (non-hydrogen) atoms. The molecule has 0 saturated carbocycles. The Kier molecular flexibility index (Phi) is 7.06. The van der Waals surface area contributed by atoms with Crippen molar-refractivity contribution in [2.45, 2.75) is 26.8 Å². The Labute approximate surface area is 109 Å². The maximum Gasteiger partial charge on any atom is 0.221 e. The van der Waals surface area contributed by atoms with Crippen LogP contribution in [0.3, 0.4) is 0 Å². The van der Waals surface area contributed by atoms with Crippen molar-refractivity contribution in [3.05, 3.63) is 29.8 Å². The van der Waals surface area contributed by atoms with Crippen molar-refractivity contribution in [1.82, 2.24) is 5.32 Å². The van der Waals surface area contributed by atoms with Gasteiger partial charge in [-0.25, -0.2) is 0 Å². The van der Waals surface area contributed by atoms with Gasteiger partial charge < -0.3 is 15.4 Å². The predicted octanol–water partition coefficient (Wildman–Crippen LogP) is 2.16. The lowest BCUT2D eigenvalue weighted by atomic mass is 10.1. The Bertz CT molecular complexity index is 367. The van der Waals surface area contributed by atoms with E-state index < -0.39 is 0 Å². The molecule has 1 aromatic rings. The van der Waals surface area contributed by atoms with E-state index in [9.17, 15) is 4.79 Å². The number of nitrogens with one attached hydrogen (secondary N) is 2. The van der Waals surface area contributed by atoms with E-state index in [-0.39, 0.29) is 5.91 Å². The van der Waals surface area contributed by atoms with Crippen LogP contribution in [0.4, 0.5) is 5.69 Å². The second kappa shape index (κ2) is 8.66. The van der Waals surface area contributed by atoms with Crippen molar-refractivity contribution < 1.29 is 9.53 Å². The minimum absolute atomic E-state index is 0.0428. The van der Waals surface area contributed by atoms with Crippen LogP contribution in [-0.4, -0.2) is 25.7 Å². The molecule has 0 aliphatic carbocycles. The summed E-state index contributed by atoms with van der Waals surface area (Å²) in [5, 5.41) is 6.17. The quantitative estimate of drug-likeness (QED) is 0.695. The van der Waals surface area contributed by atoms with Crippen LogP contribution in [0, 0.1) is 0 Å². The minimum atomic E-state index is -0.0428. The van der Waals surface area contributed by atoms with Gasteiger partial charge in [-0.3, -0.25) is 4.79 Å². The summed E-state index contributed by atoms with van der Waals surface area (Å²) in [6.45, 7) is 6.74. The highest BCUT2D eigenvalue weighted by Gasteiger charge is 2.02. The third-order valence-electron chi connectivity index (χ3n) is 2.49. The fraction of sp³-hybridized carbons (Fsp3) is 0.500. The second-order valence-electron chi connectivity index (χ2n) is 4.07. The van der Waals surface area contributed by atoms with Crippen LogP contribution >= 0.6 is 0 Å². The maximum absolute atomic E-state index is 11.1. The van der Waals surface area contributed by atoms with Crippen LogP contribution < -0.4 is 10.6 Å². The molecule has 0 spiro atoms. The van der Waals surface area contributed by atoms with Gasteiger partial charge in [-0.1, -0.05) is 18.2 Å². The normalized spacial score (nSPS) is 10.3. The van der Waals surface area contributed by atoms with Crippen LogP contribution in [0.25, 0.3) is 0 Å². The number of hydrogen-bond acceptors (Lipinski definition) is 3. The Morgan fingerprint density at radius 1 is 1.33 bits per heavy atom. The number of benzene rings is 1. The Morgan fingerprint density at radius 2 is 2.11 bits per heavy atom. The van der Waals surface area contributed by atoms with Crippen molar-refractivity contribution in [3.8, 4) is 0 Å². The van der Waals surface area contributed by atoms with E-state index in [2.05, 4.69) is 10.6 Å². The summed E-state index contributed by atoms with van der Waals surface area (Å²) in [4.78, 5) is 11.1. The summed E-state index contributed by atoms with van der Waals surface area (Å²) in [6.07, 6.45) is 0.996. The van der Waals surface area contributed by atoms with Gasteiger partial charge in [-0.15, -0.1) is 0 Å². The van der Waals surface area contributed by atoms with Crippen molar-refractivity contribution in [3.63, 3.8) is 0 Å². The Morgan fingerprint density at radius 3 is 2.83 bits per heavy atom. The van der Waals surface area contributed by atoms with Crippen molar-refractivity contribution in [2.75, 3.05) is 25.1 Å². The molecule has 0 saturated heterocycles. The van der Waals surface area contributed by atoms with E-state index in [0.29, 0.717) is 0 Å². The molecule has 100 valence electrons. The number of ether oxygens (including phenoxy) is 1. The average molecular weight is 250 g/mol. The van der Waals surface area contributed by atoms with Gasteiger partial charge in [0.05, 0.1) is 0 Å². The smallest absolute Gasteiger partial charge is 0.221 e. The van der Waals surface area contributed by atoms with E-state index in [1.54, 1.807) is 0 Å². The predicted molar refractivity (Wildman–Crippen MR) is 73.6 cm³/mol. The Balaban J connectivity index is 2.34. The topological polar surface area (TPSA) is 50.4 Å². The molecule has 0 aromatic heterocycles. The van der Waals surface area contributed by atoms with Crippen molar-refractivity contribution in [2.24, 2.45) is 0 Å². The highest BCUT2D eigenvalue weighted by atomic mass is 16.5. The van der Waals surface area contributed by atoms with Gasteiger partial charge in [0.2, 0.25) is 5.91 Å². The molecule has 0 heterocycles. The van der Waals surface area contributed by atoms with E-state index in [1.807, 2.05) is 31.2 Å². The van der Waals surface area contributed by atoms with Crippen LogP contribution in [-0.2, 0) is 16.1 Å². The zero-order chi connectivity index (χ0) is 13.2. The third-order valence-corrected chi connectivity index (χ3v) is 2.49. The third kappa shape index (κ3) is 5.80. The van der Waals surface area contributed by atoms with Crippen LogP contribution in [0.2, 0.25) is 0 Å². The highest BCUT2D eigenvalue weighted by molar-refractivity contribution is 5.89. The number of rotatable bonds is 8. The largest absolute Gasteiger partial charge is 0.382 e. The van der Waals surface area contributed by atoms with Gasteiger partial charge in [0.15, 0.2) is 0 Å². The van der Waals surface area contributed by atoms with Crippen LogP contribution in [0.5, 0.6) is 0 Å². The van der Waals surface area contributed by atoms with Crippen LogP contribution in [0.1, 0.15) is 25.8 Å². The molecular formula is C14H22N2O2. The van der Waals surface area contributed by atoms with Gasteiger partial charge in [0, 0.05) is 32.4 Å². The molecule has 0 unspecified atom stereocenters.